The Morgan fingerprint density at radius 2 is 1.98 bits per heavy atom. The smallest absolute Gasteiger partial charge is 0.349 e. The zero-order valence-electron chi connectivity index (χ0n) is 24.7. The van der Waals surface area contributed by atoms with Crippen molar-refractivity contribution in [3.63, 3.8) is 0 Å². The molecule has 3 aliphatic heterocycles. The van der Waals surface area contributed by atoms with E-state index in [4.69, 9.17) is 9.15 Å². The number of aromatic hydroxyl groups is 1. The van der Waals surface area contributed by atoms with Crippen molar-refractivity contribution in [3.8, 4) is 23.1 Å². The van der Waals surface area contributed by atoms with Gasteiger partial charge < -0.3 is 19.2 Å². The summed E-state index contributed by atoms with van der Waals surface area (Å²) in [5.41, 5.74) is 0.656. The molecule has 0 bridgehead atoms. The van der Waals surface area contributed by atoms with Crippen molar-refractivity contribution >= 4 is 27.5 Å². The second-order valence-corrected chi connectivity index (χ2v) is 12.7. The molecule has 226 valence electrons. The number of halogens is 2. The quantitative estimate of drug-likeness (QED) is 0.305. The van der Waals surface area contributed by atoms with Gasteiger partial charge in [0.05, 0.1) is 12.6 Å². The van der Waals surface area contributed by atoms with Crippen LogP contribution in [0.5, 0.6) is 11.8 Å². The van der Waals surface area contributed by atoms with Gasteiger partial charge in [-0.15, -0.1) is 0 Å². The molecule has 43 heavy (non-hydrogen) atoms. The third-order valence-electron chi connectivity index (χ3n) is 9.64. The lowest BCUT2D eigenvalue weighted by atomic mass is 9.98. The van der Waals surface area contributed by atoms with Gasteiger partial charge in [-0.1, -0.05) is 19.1 Å². The number of phenolic OH excluding ortho intramolecular Hbond substituents is 1. The SMILES string of the molecule is COc1nc(N2CC(C)CC23CC3)c2c(=O)oc(-c3cc(O)cc4cccc(F)c34)c(C)c2n1.FC1CC2CCCN2C1. The molecule has 4 aliphatic rings. The summed E-state index contributed by atoms with van der Waals surface area (Å²) in [7, 11) is 1.49. The Labute approximate surface area is 248 Å². The molecule has 4 aromatic rings. The number of hydrogen-bond acceptors (Lipinski definition) is 8. The number of fused-ring (bicyclic) bond motifs is 3. The fourth-order valence-corrected chi connectivity index (χ4v) is 7.59. The standard InChI is InChI=1S/C26H24FN3O4.C7H12FN/c1-13-11-26(7-8-26)30(12-13)23-20-21(28-25(29-23)33-3)14(2)22(34-24(20)32)17-10-16(31)9-15-5-4-6-18(27)19(15)17;8-6-4-7-2-1-3-9(7)5-6/h4-6,9-10,13,31H,7-8,11-12H2,1-3H3;6-7H,1-5H2. The number of aryl methyl sites for hydroxylation is 1. The number of methoxy groups -OCH3 is 1. The molecule has 1 N–H and O–H groups in total. The molecule has 8 rings (SSSR count). The van der Waals surface area contributed by atoms with Crippen molar-refractivity contribution in [2.75, 3.05) is 31.6 Å². The molecular formula is C33H36F2N4O4. The molecule has 1 saturated carbocycles. The van der Waals surface area contributed by atoms with Crippen molar-refractivity contribution in [1.82, 2.24) is 14.9 Å². The van der Waals surface area contributed by atoms with E-state index in [2.05, 4.69) is 26.7 Å². The van der Waals surface area contributed by atoms with Crippen LogP contribution in [0.3, 0.4) is 0 Å². The van der Waals surface area contributed by atoms with Crippen molar-refractivity contribution < 1.29 is 23.0 Å². The van der Waals surface area contributed by atoms with E-state index in [1.54, 1.807) is 19.1 Å². The van der Waals surface area contributed by atoms with E-state index in [-0.39, 0.29) is 34.0 Å². The van der Waals surface area contributed by atoms with Gasteiger partial charge in [0.25, 0.3) is 0 Å². The van der Waals surface area contributed by atoms with Gasteiger partial charge >= 0.3 is 11.6 Å². The zero-order chi connectivity index (χ0) is 30.0. The van der Waals surface area contributed by atoms with E-state index in [0.717, 1.165) is 38.8 Å². The summed E-state index contributed by atoms with van der Waals surface area (Å²) in [5.74, 6) is 0.632. The van der Waals surface area contributed by atoms with E-state index in [1.807, 2.05) is 0 Å². The van der Waals surface area contributed by atoms with E-state index in [1.165, 1.54) is 38.2 Å². The van der Waals surface area contributed by atoms with Gasteiger partial charge in [-0.2, -0.15) is 9.97 Å². The van der Waals surface area contributed by atoms with Gasteiger partial charge in [-0.25, -0.2) is 13.6 Å². The second-order valence-electron chi connectivity index (χ2n) is 12.7. The van der Waals surface area contributed by atoms with Gasteiger partial charge in [0.15, 0.2) is 5.82 Å². The minimum absolute atomic E-state index is 0.0231. The molecule has 3 saturated heterocycles. The van der Waals surface area contributed by atoms with E-state index in [0.29, 0.717) is 46.2 Å². The van der Waals surface area contributed by atoms with Crippen LogP contribution >= 0.6 is 0 Å². The van der Waals surface area contributed by atoms with Gasteiger partial charge in [-0.05, 0) is 81.5 Å². The first kappa shape index (κ1) is 28.0. The molecule has 2 aromatic carbocycles. The topological polar surface area (TPSA) is 91.9 Å². The highest BCUT2D eigenvalue weighted by molar-refractivity contribution is 6.01. The van der Waals surface area contributed by atoms with Crippen LogP contribution in [0.1, 0.15) is 51.0 Å². The normalized spacial score (nSPS) is 24.0. The number of rotatable bonds is 3. The first-order valence-corrected chi connectivity index (χ1v) is 15.1. The number of phenols is 1. The molecule has 10 heteroatoms. The van der Waals surface area contributed by atoms with E-state index in [9.17, 15) is 18.7 Å². The van der Waals surface area contributed by atoms with Crippen LogP contribution in [0.4, 0.5) is 14.6 Å². The number of benzene rings is 2. The third-order valence-corrected chi connectivity index (χ3v) is 9.64. The van der Waals surface area contributed by atoms with Crippen molar-refractivity contribution in [2.45, 2.75) is 70.1 Å². The number of nitrogens with zero attached hydrogens (tertiary/aromatic N) is 4. The predicted octanol–water partition coefficient (Wildman–Crippen LogP) is 6.14. The first-order chi connectivity index (χ1) is 20.7. The zero-order valence-corrected chi connectivity index (χ0v) is 24.7. The second kappa shape index (κ2) is 10.4. The maximum absolute atomic E-state index is 14.9. The van der Waals surface area contributed by atoms with Crippen LogP contribution in [-0.4, -0.2) is 64.5 Å². The summed E-state index contributed by atoms with van der Waals surface area (Å²) in [6, 6.07) is 8.25. The Morgan fingerprint density at radius 3 is 2.72 bits per heavy atom. The maximum atomic E-state index is 14.9. The molecule has 2 aromatic heterocycles. The molecule has 1 aliphatic carbocycles. The molecule has 3 unspecified atom stereocenters. The Kier molecular flexibility index (Phi) is 6.80. The van der Waals surface area contributed by atoms with Gasteiger partial charge in [0.1, 0.15) is 28.9 Å². The minimum Gasteiger partial charge on any atom is -0.508 e. The number of alkyl halides is 1. The molecule has 0 amide bonds. The molecule has 5 heterocycles. The summed E-state index contributed by atoms with van der Waals surface area (Å²) in [6.45, 7) is 6.62. The molecule has 1 spiro atoms. The summed E-state index contributed by atoms with van der Waals surface area (Å²) in [5, 5.41) is 11.4. The summed E-state index contributed by atoms with van der Waals surface area (Å²) < 4.78 is 38.7. The minimum atomic E-state index is -0.601. The largest absolute Gasteiger partial charge is 0.508 e. The fraction of sp³-hybridized carbons (Fsp3) is 0.485. The van der Waals surface area contributed by atoms with Crippen LogP contribution in [0.15, 0.2) is 39.5 Å². The maximum Gasteiger partial charge on any atom is 0.349 e. The number of anilines is 1. The number of ether oxygens (including phenoxy) is 1. The van der Waals surface area contributed by atoms with Crippen LogP contribution in [0.2, 0.25) is 0 Å². The van der Waals surface area contributed by atoms with E-state index >= 15 is 0 Å². The Hall–Kier alpha value is -3.79. The van der Waals surface area contributed by atoms with Gasteiger partial charge in [0.2, 0.25) is 0 Å². The van der Waals surface area contributed by atoms with Gasteiger partial charge in [-0.3, -0.25) is 4.90 Å². The van der Waals surface area contributed by atoms with Crippen molar-refractivity contribution in [3.05, 3.63) is 52.1 Å². The van der Waals surface area contributed by atoms with Crippen LogP contribution in [0, 0.1) is 18.7 Å². The van der Waals surface area contributed by atoms with E-state index < -0.39 is 17.6 Å². The predicted molar refractivity (Wildman–Crippen MR) is 161 cm³/mol. The number of hydrogen-bond donors (Lipinski definition) is 1. The first-order valence-electron chi connectivity index (χ1n) is 15.1. The molecular weight excluding hydrogens is 554 g/mol. The highest BCUT2D eigenvalue weighted by Gasteiger charge is 2.54. The summed E-state index contributed by atoms with van der Waals surface area (Å²) in [6.07, 6.45) is 5.98. The molecule has 4 fully saturated rings. The summed E-state index contributed by atoms with van der Waals surface area (Å²) >= 11 is 0. The summed E-state index contributed by atoms with van der Waals surface area (Å²) in [4.78, 5) is 27.0. The van der Waals surface area contributed by atoms with Gasteiger partial charge in [0, 0.05) is 41.2 Å². The lowest BCUT2D eigenvalue weighted by Gasteiger charge is -2.26. The third kappa shape index (κ3) is 4.80. The molecule has 3 atom stereocenters. The Morgan fingerprint density at radius 1 is 1.16 bits per heavy atom. The van der Waals surface area contributed by atoms with Crippen molar-refractivity contribution in [2.24, 2.45) is 5.92 Å². The Bertz CT molecular complexity index is 1780. The molecule has 0 radical (unpaired) electrons. The van der Waals surface area contributed by atoms with Crippen molar-refractivity contribution in [1.29, 1.82) is 0 Å². The highest BCUT2D eigenvalue weighted by Crippen LogP contribution is 2.53. The van der Waals surface area contributed by atoms with Crippen LogP contribution in [0.25, 0.3) is 33.0 Å². The lowest BCUT2D eigenvalue weighted by molar-refractivity contribution is 0.292. The average Bonchev–Trinajstić information content (AvgIpc) is 3.27. The fourth-order valence-electron chi connectivity index (χ4n) is 7.59. The Balaban J connectivity index is 0.000000283. The highest BCUT2D eigenvalue weighted by atomic mass is 19.1. The monoisotopic (exact) mass is 590 g/mol. The average molecular weight is 591 g/mol. The lowest BCUT2D eigenvalue weighted by Crippen LogP contribution is -2.33. The van der Waals surface area contributed by atoms with Crippen LogP contribution in [-0.2, 0) is 0 Å². The van der Waals surface area contributed by atoms with Crippen LogP contribution < -0.4 is 15.3 Å². The molecule has 8 nitrogen and oxygen atoms in total. The number of aromatic nitrogens is 2.